The monoisotopic (exact) mass is 416 g/mol. The number of nitrogens with zero attached hydrogens (tertiary/aromatic N) is 1. The number of hydrogen-bond donors (Lipinski definition) is 1. The largest absolute Gasteiger partial charge is 0.347 e. The Bertz CT molecular complexity index is 953. The van der Waals surface area contributed by atoms with Crippen molar-refractivity contribution in [3.8, 4) is 0 Å². The van der Waals surface area contributed by atoms with Crippen LogP contribution in [0.5, 0.6) is 0 Å². The fraction of sp³-hybridized carbons (Fsp3) is 0.435. The molecule has 158 valence electrons. The van der Waals surface area contributed by atoms with Gasteiger partial charge >= 0.3 is 0 Å². The third kappa shape index (κ3) is 5.60. The fourth-order valence-corrected chi connectivity index (χ4v) is 4.74. The van der Waals surface area contributed by atoms with Crippen LogP contribution in [0.15, 0.2) is 42.5 Å². The molecule has 0 radical (unpaired) electrons. The highest BCUT2D eigenvalue weighted by Crippen LogP contribution is 2.28. The van der Waals surface area contributed by atoms with Crippen LogP contribution in [0.3, 0.4) is 0 Å². The molecule has 0 saturated carbocycles. The summed E-state index contributed by atoms with van der Waals surface area (Å²) in [5.41, 5.74) is 4.48. The van der Waals surface area contributed by atoms with Crippen LogP contribution >= 0.6 is 0 Å². The van der Waals surface area contributed by atoms with Crippen molar-refractivity contribution in [2.24, 2.45) is 0 Å². The van der Waals surface area contributed by atoms with E-state index in [9.17, 15) is 13.2 Å². The molecule has 1 N–H and O–H groups in total. The van der Waals surface area contributed by atoms with Gasteiger partial charge in [-0.25, -0.2) is 8.42 Å². The summed E-state index contributed by atoms with van der Waals surface area (Å²) in [6.45, 7) is 9.63. The van der Waals surface area contributed by atoms with Gasteiger partial charge in [0.1, 0.15) is 6.04 Å². The Kier molecular flexibility index (Phi) is 7.47. The molecular formula is C23H32N2O3S. The number of sulfonamides is 1. The fourth-order valence-electron chi connectivity index (χ4n) is 3.48. The lowest BCUT2D eigenvalue weighted by molar-refractivity contribution is -0.123. The first-order valence-electron chi connectivity index (χ1n) is 10.0. The third-order valence-electron chi connectivity index (χ3n) is 5.14. The summed E-state index contributed by atoms with van der Waals surface area (Å²) in [5.74, 6) is -0.286. The number of aryl methyl sites for hydroxylation is 3. The molecule has 0 heterocycles. The molecule has 0 fully saturated rings. The molecule has 2 rings (SSSR count). The molecule has 1 amide bonds. The summed E-state index contributed by atoms with van der Waals surface area (Å²) in [4.78, 5) is 13.2. The van der Waals surface area contributed by atoms with Gasteiger partial charge in [-0.15, -0.1) is 0 Å². The Labute approximate surface area is 175 Å². The Hall–Kier alpha value is -2.34. The molecule has 0 aliphatic carbocycles. The number of carbonyl (C=O) groups excluding carboxylic acids is 1. The van der Waals surface area contributed by atoms with E-state index in [-0.39, 0.29) is 11.9 Å². The van der Waals surface area contributed by atoms with E-state index >= 15 is 0 Å². The summed E-state index contributed by atoms with van der Waals surface area (Å²) in [6.07, 6.45) is 2.24. The lowest BCUT2D eigenvalue weighted by Gasteiger charge is -2.32. The van der Waals surface area contributed by atoms with Gasteiger partial charge in [0.05, 0.1) is 18.0 Å². The molecule has 2 aromatic rings. The number of anilines is 1. The topological polar surface area (TPSA) is 66.5 Å². The van der Waals surface area contributed by atoms with E-state index < -0.39 is 16.1 Å². The minimum atomic E-state index is -3.65. The van der Waals surface area contributed by atoms with Gasteiger partial charge < -0.3 is 5.32 Å². The summed E-state index contributed by atoms with van der Waals surface area (Å²) in [6, 6.07) is 12.7. The van der Waals surface area contributed by atoms with E-state index in [0.29, 0.717) is 18.5 Å². The predicted octanol–water partition coefficient (Wildman–Crippen LogP) is 4.42. The van der Waals surface area contributed by atoms with Crippen LogP contribution in [0.2, 0.25) is 0 Å². The quantitative estimate of drug-likeness (QED) is 0.692. The zero-order chi connectivity index (χ0) is 21.8. The van der Waals surface area contributed by atoms with Crippen LogP contribution < -0.4 is 9.62 Å². The molecule has 0 spiro atoms. The maximum absolute atomic E-state index is 13.2. The lowest BCUT2D eigenvalue weighted by atomic mass is 10.0. The van der Waals surface area contributed by atoms with Gasteiger partial charge in [-0.1, -0.05) is 55.8 Å². The normalized spacial score (nSPS) is 13.6. The van der Waals surface area contributed by atoms with Crippen LogP contribution in [0, 0.1) is 20.8 Å². The molecule has 29 heavy (non-hydrogen) atoms. The molecule has 0 aliphatic heterocycles. The van der Waals surface area contributed by atoms with Gasteiger partial charge in [0.15, 0.2) is 0 Å². The average molecular weight is 417 g/mol. The molecule has 5 nitrogen and oxygen atoms in total. The molecule has 2 atom stereocenters. The molecule has 0 bridgehead atoms. The van der Waals surface area contributed by atoms with Gasteiger partial charge in [-0.2, -0.15) is 0 Å². The van der Waals surface area contributed by atoms with Crippen molar-refractivity contribution in [2.45, 2.75) is 59.5 Å². The van der Waals surface area contributed by atoms with E-state index in [1.807, 2.05) is 77.1 Å². The number of nitrogens with one attached hydrogen (secondary N) is 1. The maximum atomic E-state index is 13.2. The van der Waals surface area contributed by atoms with Crippen molar-refractivity contribution in [3.05, 3.63) is 64.7 Å². The highest BCUT2D eigenvalue weighted by Gasteiger charge is 2.33. The highest BCUT2D eigenvalue weighted by molar-refractivity contribution is 7.92. The Morgan fingerprint density at radius 2 is 1.55 bits per heavy atom. The Balaban J connectivity index is 2.40. The average Bonchev–Trinajstić information content (AvgIpc) is 2.66. The van der Waals surface area contributed by atoms with Crippen molar-refractivity contribution in [1.29, 1.82) is 0 Å². The van der Waals surface area contributed by atoms with Gasteiger partial charge in [0, 0.05) is 0 Å². The second kappa shape index (κ2) is 9.44. The van der Waals surface area contributed by atoms with Crippen LogP contribution in [0.25, 0.3) is 0 Å². The number of carbonyl (C=O) groups is 1. The first kappa shape index (κ1) is 22.9. The van der Waals surface area contributed by atoms with Crippen LogP contribution in [-0.2, 0) is 14.8 Å². The maximum Gasteiger partial charge on any atom is 0.244 e. The number of rotatable bonds is 8. The van der Waals surface area contributed by atoms with E-state index in [0.717, 1.165) is 28.5 Å². The second-order valence-electron chi connectivity index (χ2n) is 7.65. The van der Waals surface area contributed by atoms with Crippen molar-refractivity contribution in [3.63, 3.8) is 0 Å². The number of hydrogen-bond acceptors (Lipinski definition) is 3. The van der Waals surface area contributed by atoms with E-state index in [4.69, 9.17) is 0 Å². The summed E-state index contributed by atoms with van der Waals surface area (Å²) < 4.78 is 26.7. The molecular weight excluding hydrogens is 384 g/mol. The van der Waals surface area contributed by atoms with Crippen molar-refractivity contribution in [1.82, 2.24) is 5.32 Å². The smallest absolute Gasteiger partial charge is 0.244 e. The summed E-state index contributed by atoms with van der Waals surface area (Å²) in [5, 5.41) is 3.06. The highest BCUT2D eigenvalue weighted by atomic mass is 32.2. The van der Waals surface area contributed by atoms with Gasteiger partial charge in [-0.3, -0.25) is 9.10 Å². The van der Waals surface area contributed by atoms with Crippen molar-refractivity contribution < 1.29 is 13.2 Å². The number of benzene rings is 2. The van der Waals surface area contributed by atoms with E-state index in [1.54, 1.807) is 0 Å². The van der Waals surface area contributed by atoms with Crippen molar-refractivity contribution >= 4 is 21.6 Å². The first-order chi connectivity index (χ1) is 13.6. The SMILES string of the molecule is CC[C@H](C(=O)N[C@H](CC)c1ccc(C)cc1)N(c1cc(C)ccc1C)S(C)(=O)=O. The number of amides is 1. The minimum Gasteiger partial charge on any atom is -0.347 e. The molecule has 6 heteroatoms. The van der Waals surface area contributed by atoms with Crippen LogP contribution in [0.4, 0.5) is 5.69 Å². The molecule has 0 aliphatic rings. The van der Waals surface area contributed by atoms with Gasteiger partial charge in [0.25, 0.3) is 0 Å². The molecule has 2 aromatic carbocycles. The van der Waals surface area contributed by atoms with Crippen LogP contribution in [0.1, 0.15) is 55.0 Å². The van der Waals surface area contributed by atoms with E-state index in [2.05, 4.69) is 5.32 Å². The van der Waals surface area contributed by atoms with E-state index in [1.165, 1.54) is 4.31 Å². The lowest BCUT2D eigenvalue weighted by Crippen LogP contribution is -2.50. The Morgan fingerprint density at radius 1 is 0.966 bits per heavy atom. The minimum absolute atomic E-state index is 0.169. The van der Waals surface area contributed by atoms with Crippen molar-refractivity contribution in [2.75, 3.05) is 10.6 Å². The van der Waals surface area contributed by atoms with Gasteiger partial charge in [-0.05, 0) is 56.4 Å². The predicted molar refractivity (Wildman–Crippen MR) is 120 cm³/mol. The summed E-state index contributed by atoms with van der Waals surface area (Å²) >= 11 is 0. The first-order valence-corrected chi connectivity index (χ1v) is 11.9. The summed E-state index contributed by atoms with van der Waals surface area (Å²) in [7, 11) is -3.65. The van der Waals surface area contributed by atoms with Gasteiger partial charge in [0.2, 0.25) is 15.9 Å². The molecule has 0 unspecified atom stereocenters. The zero-order valence-corrected chi connectivity index (χ0v) is 19.0. The zero-order valence-electron chi connectivity index (χ0n) is 18.2. The molecule has 0 saturated heterocycles. The van der Waals surface area contributed by atoms with Crippen LogP contribution in [-0.4, -0.2) is 26.6 Å². The second-order valence-corrected chi connectivity index (χ2v) is 9.51. The standard InChI is InChI=1S/C23H32N2O3S/c1-7-20(19-13-10-16(3)11-14-19)24-23(26)21(8-2)25(29(6,27)28)22-15-17(4)9-12-18(22)5/h9-15,20-21H,7-8H2,1-6H3,(H,24,26)/t20-,21-/m1/s1. The Morgan fingerprint density at radius 3 is 2.07 bits per heavy atom. The molecule has 0 aromatic heterocycles. The third-order valence-corrected chi connectivity index (χ3v) is 6.30.